The van der Waals surface area contributed by atoms with Crippen LogP contribution in [0.15, 0.2) is 29.3 Å². The predicted molar refractivity (Wildman–Crippen MR) is 140 cm³/mol. The Morgan fingerprint density at radius 1 is 1.15 bits per heavy atom. The number of aromatic nitrogens is 4. The first-order valence-electron chi connectivity index (χ1n) is 12.1. The summed E-state index contributed by atoms with van der Waals surface area (Å²) in [6.45, 7) is 3.37. The monoisotopic (exact) mass is 575 g/mol. The quantitative estimate of drug-likeness (QED) is 0.395. The summed E-state index contributed by atoms with van der Waals surface area (Å²) >= 11 is 2.15. The number of anilines is 2. The zero-order valence-corrected chi connectivity index (χ0v) is 21.6. The van der Waals surface area contributed by atoms with Crippen LogP contribution in [0.5, 0.6) is 0 Å². The second-order valence-corrected chi connectivity index (χ2v) is 10.2. The van der Waals surface area contributed by atoms with Gasteiger partial charge in [-0.05, 0) is 85.2 Å². The first kappa shape index (κ1) is 23.6. The third-order valence-electron chi connectivity index (χ3n) is 6.72. The van der Waals surface area contributed by atoms with Gasteiger partial charge in [-0.3, -0.25) is 9.36 Å². The largest absolute Gasteiger partial charge is 0.353 e. The van der Waals surface area contributed by atoms with Crippen LogP contribution in [0.2, 0.25) is 0 Å². The number of ether oxygens (including phenoxy) is 2. The maximum absolute atomic E-state index is 13.1. The molecule has 0 aromatic carbocycles. The Morgan fingerprint density at radius 3 is 2.71 bits per heavy atom. The van der Waals surface area contributed by atoms with E-state index in [9.17, 15) is 4.79 Å². The first-order chi connectivity index (χ1) is 16.6. The van der Waals surface area contributed by atoms with Crippen molar-refractivity contribution in [3.8, 4) is 0 Å². The molecular weight excluding hydrogens is 545 g/mol. The molecule has 5 rings (SSSR count). The van der Waals surface area contributed by atoms with Crippen LogP contribution < -0.4 is 10.9 Å². The summed E-state index contributed by atoms with van der Waals surface area (Å²) in [4.78, 5) is 26.9. The van der Waals surface area contributed by atoms with Crippen LogP contribution in [-0.2, 0) is 15.9 Å². The Labute approximate surface area is 212 Å². The van der Waals surface area contributed by atoms with E-state index in [0.29, 0.717) is 24.0 Å². The molecule has 3 aromatic heterocycles. The van der Waals surface area contributed by atoms with Gasteiger partial charge in [0.25, 0.3) is 5.56 Å². The van der Waals surface area contributed by atoms with Crippen LogP contribution in [0.1, 0.15) is 62.1 Å². The smallest absolute Gasteiger partial charge is 0.266 e. The number of nitrogens with zero attached hydrogens (tertiary/aromatic N) is 4. The topological polar surface area (TPSA) is 91.2 Å². The minimum absolute atomic E-state index is 0.0467. The van der Waals surface area contributed by atoms with E-state index in [0.717, 1.165) is 71.6 Å². The van der Waals surface area contributed by atoms with Crippen molar-refractivity contribution < 1.29 is 9.47 Å². The number of aryl methyl sites for hydroxylation is 1. The van der Waals surface area contributed by atoms with Gasteiger partial charge in [0.1, 0.15) is 11.5 Å². The number of fused-ring (bicyclic) bond motifs is 1. The first-order valence-corrected chi connectivity index (χ1v) is 13.2. The summed E-state index contributed by atoms with van der Waals surface area (Å²) in [6, 6.07) is 4.15. The second-order valence-electron chi connectivity index (χ2n) is 9.08. The molecule has 1 unspecified atom stereocenters. The predicted octanol–water partition coefficient (Wildman–Crippen LogP) is 5.04. The Hall–Kier alpha value is -2.11. The van der Waals surface area contributed by atoms with Crippen molar-refractivity contribution in [3.05, 3.63) is 49.6 Å². The summed E-state index contributed by atoms with van der Waals surface area (Å²) in [6.07, 6.45) is 12.0. The molecular formula is C25H30IN5O3. The number of nitrogens with one attached hydrogen (secondary N) is 1. The third kappa shape index (κ3) is 5.11. The SMILES string of the molecule is Cc1c(I)c(=O)n(C2CCCC2)c2nc(Nc3ccc(CCOC4CCCCO4)cn3)ncc12. The highest BCUT2D eigenvalue weighted by atomic mass is 127. The van der Waals surface area contributed by atoms with Gasteiger partial charge >= 0.3 is 0 Å². The lowest BCUT2D eigenvalue weighted by Crippen LogP contribution is -2.28. The lowest BCUT2D eigenvalue weighted by atomic mass is 10.1. The van der Waals surface area contributed by atoms with Gasteiger partial charge in [-0.25, -0.2) is 9.97 Å². The number of hydrogen-bond acceptors (Lipinski definition) is 7. The summed E-state index contributed by atoms with van der Waals surface area (Å²) in [7, 11) is 0. The van der Waals surface area contributed by atoms with Gasteiger partial charge in [-0.1, -0.05) is 18.9 Å². The third-order valence-corrected chi connectivity index (χ3v) is 7.99. The lowest BCUT2D eigenvalue weighted by Gasteiger charge is -2.22. The van der Waals surface area contributed by atoms with Gasteiger partial charge in [-0.15, -0.1) is 0 Å². The highest BCUT2D eigenvalue weighted by Crippen LogP contribution is 2.32. The van der Waals surface area contributed by atoms with Gasteiger partial charge in [0.05, 0.1) is 10.2 Å². The van der Waals surface area contributed by atoms with Crippen LogP contribution in [0.3, 0.4) is 0 Å². The molecule has 0 radical (unpaired) electrons. The van der Waals surface area contributed by atoms with Crippen molar-refractivity contribution in [2.75, 3.05) is 18.5 Å². The van der Waals surface area contributed by atoms with Crippen molar-refractivity contribution in [2.45, 2.75) is 70.6 Å². The van der Waals surface area contributed by atoms with Gasteiger partial charge < -0.3 is 14.8 Å². The van der Waals surface area contributed by atoms with Crippen molar-refractivity contribution in [3.63, 3.8) is 0 Å². The van der Waals surface area contributed by atoms with E-state index in [1.807, 2.05) is 36.0 Å². The summed E-state index contributed by atoms with van der Waals surface area (Å²) in [5, 5.41) is 4.12. The molecule has 1 aliphatic carbocycles. The minimum Gasteiger partial charge on any atom is -0.353 e. The van der Waals surface area contributed by atoms with E-state index < -0.39 is 0 Å². The van der Waals surface area contributed by atoms with Crippen molar-refractivity contribution in [2.24, 2.45) is 0 Å². The average molecular weight is 575 g/mol. The van der Waals surface area contributed by atoms with Crippen LogP contribution >= 0.6 is 22.6 Å². The van der Waals surface area contributed by atoms with Crippen LogP contribution in [-0.4, -0.2) is 39.0 Å². The Balaban J connectivity index is 1.31. The molecule has 3 aromatic rings. The molecule has 180 valence electrons. The zero-order chi connectivity index (χ0) is 23.5. The van der Waals surface area contributed by atoms with Gasteiger partial charge in [-0.2, -0.15) is 4.98 Å². The van der Waals surface area contributed by atoms with Crippen LogP contribution in [0.25, 0.3) is 11.0 Å². The molecule has 2 aliphatic rings. The second kappa shape index (κ2) is 10.7. The van der Waals surface area contributed by atoms with E-state index in [2.05, 4.69) is 37.9 Å². The molecule has 8 nitrogen and oxygen atoms in total. The number of hydrogen-bond donors (Lipinski definition) is 1. The standard InChI is InChI=1S/C25H30IN5O3/c1-16-19-15-28-25(30-23(19)31(24(32)22(16)26)18-6-2-3-7-18)29-20-10-9-17(14-27-20)11-13-34-21-8-4-5-12-33-21/h9-10,14-15,18,21H,2-8,11-13H2,1H3,(H,27,28,29,30). The highest BCUT2D eigenvalue weighted by Gasteiger charge is 2.24. The fraction of sp³-hybridized carbons (Fsp3) is 0.520. The fourth-order valence-electron chi connectivity index (χ4n) is 4.77. The Morgan fingerprint density at radius 2 is 1.97 bits per heavy atom. The number of halogens is 1. The molecule has 34 heavy (non-hydrogen) atoms. The molecule has 1 aliphatic heterocycles. The maximum Gasteiger partial charge on any atom is 0.266 e. The number of rotatable bonds is 7. The lowest BCUT2D eigenvalue weighted by molar-refractivity contribution is -0.161. The molecule has 1 saturated heterocycles. The highest BCUT2D eigenvalue weighted by molar-refractivity contribution is 14.1. The summed E-state index contributed by atoms with van der Waals surface area (Å²) < 4.78 is 14.1. The average Bonchev–Trinajstić information content (AvgIpc) is 3.39. The van der Waals surface area contributed by atoms with Gasteiger partial charge in [0, 0.05) is 30.4 Å². The molecule has 1 saturated carbocycles. The van der Waals surface area contributed by atoms with Crippen molar-refractivity contribution >= 4 is 45.4 Å². The Kier molecular flexibility index (Phi) is 7.40. The maximum atomic E-state index is 13.1. The summed E-state index contributed by atoms with van der Waals surface area (Å²) in [5.41, 5.74) is 2.78. The van der Waals surface area contributed by atoms with Gasteiger partial charge in [0.2, 0.25) is 5.95 Å². The molecule has 1 atom stereocenters. The van der Waals surface area contributed by atoms with E-state index in [-0.39, 0.29) is 17.9 Å². The zero-order valence-electron chi connectivity index (χ0n) is 19.4. The molecule has 0 bridgehead atoms. The molecule has 9 heteroatoms. The summed E-state index contributed by atoms with van der Waals surface area (Å²) in [5.74, 6) is 1.11. The molecule has 2 fully saturated rings. The van der Waals surface area contributed by atoms with Crippen LogP contribution in [0.4, 0.5) is 11.8 Å². The van der Waals surface area contributed by atoms with E-state index in [1.165, 1.54) is 6.42 Å². The van der Waals surface area contributed by atoms with Gasteiger partial charge in [0.15, 0.2) is 6.29 Å². The Bertz CT molecular complexity index is 1200. The normalized spacial score (nSPS) is 19.1. The fourth-order valence-corrected chi connectivity index (χ4v) is 5.33. The molecule has 0 amide bonds. The number of pyridine rings is 2. The van der Waals surface area contributed by atoms with Crippen LogP contribution in [0, 0.1) is 10.5 Å². The molecule has 4 heterocycles. The van der Waals surface area contributed by atoms with Crippen molar-refractivity contribution in [1.82, 2.24) is 19.5 Å². The molecule has 1 N–H and O–H groups in total. The van der Waals surface area contributed by atoms with E-state index in [1.54, 1.807) is 0 Å². The molecule has 0 spiro atoms. The minimum atomic E-state index is -0.0683. The van der Waals surface area contributed by atoms with E-state index in [4.69, 9.17) is 14.5 Å². The van der Waals surface area contributed by atoms with E-state index >= 15 is 0 Å². The van der Waals surface area contributed by atoms with Crippen molar-refractivity contribution in [1.29, 1.82) is 0 Å².